The second kappa shape index (κ2) is 6.14. The van der Waals surface area contributed by atoms with Gasteiger partial charge in [-0.25, -0.2) is 10.2 Å². The summed E-state index contributed by atoms with van der Waals surface area (Å²) < 4.78 is 1.53. The molecule has 19 heavy (non-hydrogen) atoms. The number of amides is 2. The van der Waals surface area contributed by atoms with E-state index in [-0.39, 0.29) is 22.3 Å². The lowest BCUT2D eigenvalue weighted by atomic mass is 10.2. The summed E-state index contributed by atoms with van der Waals surface area (Å²) in [5.74, 6) is -0.307. The number of nitrogens with zero attached hydrogens (tertiary/aromatic N) is 2. The van der Waals surface area contributed by atoms with E-state index in [0.717, 1.165) is 6.21 Å². The predicted molar refractivity (Wildman–Crippen MR) is 72.9 cm³/mol. The summed E-state index contributed by atoms with van der Waals surface area (Å²) in [6.07, 6.45) is 1.72. The monoisotopic (exact) mass is 285 g/mol. The first-order valence-electron chi connectivity index (χ1n) is 5.54. The van der Waals surface area contributed by atoms with E-state index in [4.69, 9.17) is 18.0 Å². The highest BCUT2D eigenvalue weighted by molar-refractivity contribution is 7.71. The fourth-order valence-electron chi connectivity index (χ4n) is 1.42. The Labute approximate surface area is 114 Å². The number of hydrogen-bond acceptors (Lipinski definition) is 5. The molecule has 1 heterocycles. The number of aromatic amines is 1. The van der Waals surface area contributed by atoms with Crippen LogP contribution in [0.4, 0.5) is 4.79 Å². The number of aromatic hydroxyl groups is 1. The summed E-state index contributed by atoms with van der Waals surface area (Å²) in [4.78, 5) is 24.6. The topological polar surface area (TPSA) is 125 Å². The zero-order valence-electron chi connectivity index (χ0n) is 10.5. The van der Waals surface area contributed by atoms with Crippen molar-refractivity contribution < 1.29 is 9.90 Å². The van der Waals surface area contributed by atoms with Crippen LogP contribution in [0.3, 0.4) is 0 Å². The van der Waals surface area contributed by atoms with Crippen LogP contribution >= 0.6 is 12.2 Å². The lowest BCUT2D eigenvalue weighted by Gasteiger charge is -2.16. The number of aromatic nitrogens is 2. The van der Waals surface area contributed by atoms with E-state index >= 15 is 0 Å². The van der Waals surface area contributed by atoms with Gasteiger partial charge in [0.1, 0.15) is 5.56 Å². The molecule has 0 spiro atoms. The fourth-order valence-corrected chi connectivity index (χ4v) is 1.78. The number of primary amides is 1. The van der Waals surface area contributed by atoms with E-state index in [1.807, 2.05) is 19.3 Å². The minimum Gasteiger partial charge on any atom is -0.494 e. The number of hydrazone groups is 1. The van der Waals surface area contributed by atoms with E-state index < -0.39 is 11.6 Å². The SMILES string of the molecule is CCC(C)n1c(O)c(/C=N/NC(N)=O)c(=O)[nH]c1=S. The molecule has 0 aliphatic carbocycles. The molecule has 0 aliphatic heterocycles. The molecule has 0 saturated heterocycles. The predicted octanol–water partition coefficient (Wildman–Crippen LogP) is 0.585. The molecule has 0 bridgehead atoms. The number of carbonyl (C=O) groups is 1. The van der Waals surface area contributed by atoms with Crippen LogP contribution in [-0.2, 0) is 0 Å². The number of nitrogens with two attached hydrogens (primary N) is 1. The summed E-state index contributed by atoms with van der Waals surface area (Å²) in [7, 11) is 0. The summed E-state index contributed by atoms with van der Waals surface area (Å²) in [6.45, 7) is 3.76. The second-order valence-electron chi connectivity index (χ2n) is 3.86. The Bertz CT molecular complexity index is 619. The Morgan fingerprint density at radius 3 is 2.89 bits per heavy atom. The molecule has 1 rings (SSSR count). The summed E-state index contributed by atoms with van der Waals surface area (Å²) in [5.41, 5.74) is 6.05. The van der Waals surface area contributed by atoms with E-state index in [9.17, 15) is 14.7 Å². The van der Waals surface area contributed by atoms with Crippen LogP contribution < -0.4 is 16.7 Å². The van der Waals surface area contributed by atoms with Crippen molar-refractivity contribution in [1.82, 2.24) is 15.0 Å². The van der Waals surface area contributed by atoms with Gasteiger partial charge in [0, 0.05) is 6.04 Å². The summed E-state index contributed by atoms with van der Waals surface area (Å²) >= 11 is 5.00. The third kappa shape index (κ3) is 3.41. The number of urea groups is 1. The average Bonchev–Trinajstić information content (AvgIpc) is 2.32. The van der Waals surface area contributed by atoms with Crippen molar-refractivity contribution in [2.45, 2.75) is 26.3 Å². The first kappa shape index (κ1) is 14.9. The van der Waals surface area contributed by atoms with E-state index in [1.54, 1.807) is 0 Å². The van der Waals surface area contributed by atoms with Gasteiger partial charge in [-0.05, 0) is 25.6 Å². The van der Waals surface area contributed by atoms with Crippen molar-refractivity contribution in [3.05, 3.63) is 20.7 Å². The molecular formula is C10H15N5O3S. The van der Waals surface area contributed by atoms with Gasteiger partial charge in [0.15, 0.2) is 4.77 Å². The Kier molecular flexibility index (Phi) is 4.81. The maximum Gasteiger partial charge on any atom is 0.332 e. The second-order valence-corrected chi connectivity index (χ2v) is 4.24. The third-order valence-electron chi connectivity index (χ3n) is 2.55. The van der Waals surface area contributed by atoms with Gasteiger partial charge >= 0.3 is 6.03 Å². The average molecular weight is 285 g/mol. The van der Waals surface area contributed by atoms with Crippen LogP contribution in [0, 0.1) is 4.77 Å². The van der Waals surface area contributed by atoms with E-state index in [2.05, 4.69) is 10.1 Å². The highest BCUT2D eigenvalue weighted by Crippen LogP contribution is 2.19. The molecule has 1 atom stereocenters. The lowest BCUT2D eigenvalue weighted by Crippen LogP contribution is -2.25. The third-order valence-corrected chi connectivity index (χ3v) is 2.85. The normalized spacial score (nSPS) is 12.5. The van der Waals surface area contributed by atoms with Gasteiger partial charge in [0.2, 0.25) is 5.88 Å². The van der Waals surface area contributed by atoms with Crippen LogP contribution in [0.2, 0.25) is 0 Å². The van der Waals surface area contributed by atoms with Crippen molar-refractivity contribution in [2.75, 3.05) is 0 Å². The standard InChI is InChI=1S/C10H15N5O3S/c1-3-5(2)15-8(17)6(4-12-14-9(11)18)7(16)13-10(15)19/h4-5,17H,3H2,1-2H3,(H3,11,14,18)(H,13,16,19)/b12-4+. The molecule has 0 saturated carbocycles. The molecule has 5 N–H and O–H groups in total. The van der Waals surface area contributed by atoms with Gasteiger partial charge < -0.3 is 10.8 Å². The number of hydrogen-bond donors (Lipinski definition) is 4. The Balaban J connectivity index is 3.33. The van der Waals surface area contributed by atoms with Gasteiger partial charge in [0.25, 0.3) is 5.56 Å². The van der Waals surface area contributed by atoms with Crippen molar-refractivity contribution in [3.8, 4) is 5.88 Å². The molecule has 2 amide bonds. The van der Waals surface area contributed by atoms with Gasteiger partial charge in [-0.3, -0.25) is 14.3 Å². The van der Waals surface area contributed by atoms with Crippen molar-refractivity contribution in [2.24, 2.45) is 10.8 Å². The molecule has 0 aromatic carbocycles. The summed E-state index contributed by atoms with van der Waals surface area (Å²) in [6, 6.07) is -0.970. The Hall–Kier alpha value is -2.16. The molecule has 0 fully saturated rings. The fraction of sp³-hybridized carbons (Fsp3) is 0.400. The van der Waals surface area contributed by atoms with Crippen LogP contribution in [0.5, 0.6) is 5.88 Å². The molecule has 8 nitrogen and oxygen atoms in total. The zero-order chi connectivity index (χ0) is 14.6. The minimum atomic E-state index is -0.873. The van der Waals surface area contributed by atoms with E-state index in [0.29, 0.717) is 6.42 Å². The van der Waals surface area contributed by atoms with Crippen LogP contribution in [-0.4, -0.2) is 26.9 Å². The number of carbonyl (C=O) groups excluding carboxylic acids is 1. The number of H-pyrrole nitrogens is 1. The molecule has 9 heteroatoms. The van der Waals surface area contributed by atoms with Crippen LogP contribution in [0.1, 0.15) is 31.9 Å². The zero-order valence-corrected chi connectivity index (χ0v) is 11.3. The molecule has 1 unspecified atom stereocenters. The van der Waals surface area contributed by atoms with Crippen LogP contribution in [0.15, 0.2) is 9.90 Å². The maximum absolute atomic E-state index is 11.7. The van der Waals surface area contributed by atoms with Gasteiger partial charge in [-0.2, -0.15) is 5.10 Å². The van der Waals surface area contributed by atoms with Crippen molar-refractivity contribution >= 4 is 24.5 Å². The number of nitrogens with one attached hydrogen (secondary N) is 2. The van der Waals surface area contributed by atoms with Crippen molar-refractivity contribution in [1.29, 1.82) is 0 Å². The molecular weight excluding hydrogens is 270 g/mol. The van der Waals surface area contributed by atoms with Gasteiger partial charge in [-0.15, -0.1) is 0 Å². The lowest BCUT2D eigenvalue weighted by molar-refractivity contribution is 0.249. The smallest absolute Gasteiger partial charge is 0.332 e. The van der Waals surface area contributed by atoms with Crippen LogP contribution in [0.25, 0.3) is 0 Å². The van der Waals surface area contributed by atoms with Gasteiger partial charge in [0.05, 0.1) is 6.21 Å². The first-order valence-corrected chi connectivity index (χ1v) is 5.95. The number of rotatable bonds is 4. The molecule has 1 aromatic rings. The van der Waals surface area contributed by atoms with Gasteiger partial charge in [-0.1, -0.05) is 6.92 Å². The maximum atomic E-state index is 11.7. The minimum absolute atomic E-state index is 0.0967. The Morgan fingerprint density at radius 2 is 2.37 bits per heavy atom. The molecule has 1 aromatic heterocycles. The van der Waals surface area contributed by atoms with Crippen molar-refractivity contribution in [3.63, 3.8) is 0 Å². The molecule has 0 aliphatic rings. The van der Waals surface area contributed by atoms with E-state index in [1.165, 1.54) is 4.57 Å². The highest BCUT2D eigenvalue weighted by atomic mass is 32.1. The summed E-state index contributed by atoms with van der Waals surface area (Å²) in [5, 5.41) is 13.5. The molecule has 0 radical (unpaired) electrons. The highest BCUT2D eigenvalue weighted by Gasteiger charge is 2.14. The Morgan fingerprint density at radius 1 is 1.74 bits per heavy atom. The first-order chi connectivity index (χ1) is 8.88. The molecule has 104 valence electrons. The quantitative estimate of drug-likeness (QED) is 0.367. The largest absolute Gasteiger partial charge is 0.494 e.